The summed E-state index contributed by atoms with van der Waals surface area (Å²) in [5, 5.41) is 9.10. The zero-order chi connectivity index (χ0) is 11.7. The number of hydrogen-bond donors (Lipinski definition) is 0. The highest BCUT2D eigenvalue weighted by Crippen LogP contribution is 2.48. The molecule has 0 radical (unpaired) electrons. The summed E-state index contributed by atoms with van der Waals surface area (Å²) in [6, 6.07) is 8.46. The van der Waals surface area contributed by atoms with Gasteiger partial charge >= 0.3 is 0 Å². The Hall–Kier alpha value is -1.69. The van der Waals surface area contributed by atoms with Crippen LogP contribution in [0.1, 0.15) is 24.8 Å². The average Bonchev–Trinajstić information content (AvgIpc) is 3.13. The lowest BCUT2D eigenvalue weighted by Gasteiger charge is -2.10. The molecule has 0 bridgehead atoms. The first-order chi connectivity index (χ1) is 8.31. The minimum absolute atomic E-state index is 0.0974. The van der Waals surface area contributed by atoms with Crippen LogP contribution in [0.5, 0.6) is 11.5 Å². The Balaban J connectivity index is 1.83. The lowest BCUT2D eigenvalue weighted by molar-refractivity contribution is 0.297. The molecule has 3 nitrogen and oxygen atoms in total. The first-order valence-corrected chi connectivity index (χ1v) is 6.11. The number of benzene rings is 1. The lowest BCUT2D eigenvalue weighted by Crippen LogP contribution is -2.02. The molecule has 0 N–H and O–H groups in total. The van der Waals surface area contributed by atoms with Gasteiger partial charge in [0.05, 0.1) is 24.7 Å². The van der Waals surface area contributed by atoms with E-state index in [2.05, 4.69) is 6.07 Å². The van der Waals surface area contributed by atoms with Crippen molar-refractivity contribution in [2.75, 3.05) is 13.2 Å². The quantitative estimate of drug-likeness (QED) is 0.783. The molecule has 0 spiro atoms. The number of nitrogens with zero attached hydrogens (tertiary/aromatic N) is 1. The maximum absolute atomic E-state index is 9.10. The fourth-order valence-electron chi connectivity index (χ4n) is 2.19. The number of nitriles is 1. The first-order valence-electron chi connectivity index (χ1n) is 6.11. The summed E-state index contributed by atoms with van der Waals surface area (Å²) in [6.07, 6.45) is 3.81. The number of fused-ring (bicyclic) bond motifs is 1. The monoisotopic (exact) mass is 229 g/mol. The van der Waals surface area contributed by atoms with Crippen LogP contribution >= 0.6 is 0 Å². The van der Waals surface area contributed by atoms with E-state index in [4.69, 9.17) is 14.7 Å². The molecule has 1 saturated carbocycles. The van der Waals surface area contributed by atoms with Crippen molar-refractivity contribution in [2.24, 2.45) is 5.41 Å². The van der Waals surface area contributed by atoms with Crippen LogP contribution in [0.4, 0.5) is 0 Å². The van der Waals surface area contributed by atoms with Crippen molar-refractivity contribution in [3.63, 3.8) is 0 Å². The Bertz CT molecular complexity index is 472. The summed E-state index contributed by atoms with van der Waals surface area (Å²) in [5.74, 6) is 1.65. The highest BCUT2D eigenvalue weighted by Gasteiger charge is 2.43. The SMILES string of the molecule is N#CC1(Cc2ccc3c(c2)OCCCO3)CC1. The zero-order valence-electron chi connectivity index (χ0n) is 9.74. The van der Waals surface area contributed by atoms with Gasteiger partial charge in [-0.1, -0.05) is 6.07 Å². The minimum atomic E-state index is -0.0974. The van der Waals surface area contributed by atoms with E-state index in [1.165, 1.54) is 5.56 Å². The van der Waals surface area contributed by atoms with E-state index in [0.29, 0.717) is 13.2 Å². The van der Waals surface area contributed by atoms with E-state index < -0.39 is 0 Å². The first kappa shape index (κ1) is 10.5. The third-order valence-corrected chi connectivity index (χ3v) is 3.45. The molecular weight excluding hydrogens is 214 g/mol. The number of rotatable bonds is 2. The highest BCUT2D eigenvalue weighted by molar-refractivity contribution is 5.44. The summed E-state index contributed by atoms with van der Waals surface area (Å²) in [4.78, 5) is 0. The summed E-state index contributed by atoms with van der Waals surface area (Å²) in [6.45, 7) is 1.42. The standard InChI is InChI=1S/C14H15NO2/c15-10-14(4-5-14)9-11-2-3-12-13(8-11)17-7-1-6-16-12/h2-3,8H,1,4-7,9H2. The van der Waals surface area contributed by atoms with Gasteiger partial charge in [-0.2, -0.15) is 5.26 Å². The summed E-state index contributed by atoms with van der Waals surface area (Å²) in [7, 11) is 0. The molecule has 1 aromatic rings. The van der Waals surface area contributed by atoms with Crippen LogP contribution in [0.3, 0.4) is 0 Å². The predicted molar refractivity (Wildman–Crippen MR) is 63.0 cm³/mol. The predicted octanol–water partition coefficient (Wildman–Crippen LogP) is 2.69. The molecule has 17 heavy (non-hydrogen) atoms. The molecule has 3 heteroatoms. The Labute approximate surface area is 101 Å². The molecule has 1 fully saturated rings. The second kappa shape index (κ2) is 3.96. The van der Waals surface area contributed by atoms with Crippen molar-refractivity contribution >= 4 is 0 Å². The Morgan fingerprint density at radius 2 is 1.94 bits per heavy atom. The summed E-state index contributed by atoms with van der Waals surface area (Å²) >= 11 is 0. The van der Waals surface area contributed by atoms with Crippen LogP contribution in [0.2, 0.25) is 0 Å². The molecule has 1 aromatic carbocycles. The third kappa shape index (κ3) is 2.08. The molecule has 0 saturated heterocycles. The third-order valence-electron chi connectivity index (χ3n) is 3.45. The van der Waals surface area contributed by atoms with Crippen LogP contribution in [0.25, 0.3) is 0 Å². The fourth-order valence-corrected chi connectivity index (χ4v) is 2.19. The van der Waals surface area contributed by atoms with E-state index in [1.54, 1.807) is 0 Å². The van der Waals surface area contributed by atoms with Gasteiger partial charge in [0, 0.05) is 6.42 Å². The number of hydrogen-bond acceptors (Lipinski definition) is 3. The average molecular weight is 229 g/mol. The normalized spacial score (nSPS) is 20.2. The molecule has 0 amide bonds. The zero-order valence-corrected chi connectivity index (χ0v) is 9.74. The lowest BCUT2D eigenvalue weighted by atomic mass is 9.98. The van der Waals surface area contributed by atoms with Gasteiger partial charge in [0.15, 0.2) is 11.5 Å². The molecule has 1 aliphatic heterocycles. The van der Waals surface area contributed by atoms with Gasteiger partial charge in [0.25, 0.3) is 0 Å². The van der Waals surface area contributed by atoms with Crippen molar-refractivity contribution in [3.05, 3.63) is 23.8 Å². The van der Waals surface area contributed by atoms with Gasteiger partial charge in [0.1, 0.15) is 0 Å². The molecule has 0 atom stereocenters. The molecule has 88 valence electrons. The van der Waals surface area contributed by atoms with E-state index in [-0.39, 0.29) is 5.41 Å². The van der Waals surface area contributed by atoms with E-state index in [1.807, 2.05) is 18.2 Å². The smallest absolute Gasteiger partial charge is 0.161 e. The van der Waals surface area contributed by atoms with E-state index in [0.717, 1.165) is 37.2 Å². The van der Waals surface area contributed by atoms with Crippen molar-refractivity contribution in [1.82, 2.24) is 0 Å². The van der Waals surface area contributed by atoms with Crippen molar-refractivity contribution in [1.29, 1.82) is 5.26 Å². The molecule has 2 aliphatic rings. The van der Waals surface area contributed by atoms with Gasteiger partial charge in [-0.15, -0.1) is 0 Å². The van der Waals surface area contributed by atoms with Crippen molar-refractivity contribution < 1.29 is 9.47 Å². The summed E-state index contributed by atoms with van der Waals surface area (Å²) in [5.41, 5.74) is 1.08. The summed E-state index contributed by atoms with van der Waals surface area (Å²) < 4.78 is 11.2. The Morgan fingerprint density at radius 1 is 1.18 bits per heavy atom. The van der Waals surface area contributed by atoms with Crippen LogP contribution in [-0.2, 0) is 6.42 Å². The van der Waals surface area contributed by atoms with Gasteiger partial charge in [-0.3, -0.25) is 0 Å². The molecule has 0 unspecified atom stereocenters. The minimum Gasteiger partial charge on any atom is -0.490 e. The molecule has 3 rings (SSSR count). The van der Waals surface area contributed by atoms with Crippen molar-refractivity contribution in [2.45, 2.75) is 25.7 Å². The van der Waals surface area contributed by atoms with Crippen LogP contribution < -0.4 is 9.47 Å². The Morgan fingerprint density at radius 3 is 2.65 bits per heavy atom. The van der Waals surface area contributed by atoms with Crippen LogP contribution in [0, 0.1) is 16.7 Å². The second-order valence-electron chi connectivity index (χ2n) is 4.90. The van der Waals surface area contributed by atoms with E-state index >= 15 is 0 Å². The van der Waals surface area contributed by atoms with Crippen LogP contribution in [0.15, 0.2) is 18.2 Å². The molecule has 1 aliphatic carbocycles. The van der Waals surface area contributed by atoms with Gasteiger partial charge in [-0.25, -0.2) is 0 Å². The largest absolute Gasteiger partial charge is 0.490 e. The van der Waals surface area contributed by atoms with Gasteiger partial charge in [0.2, 0.25) is 0 Å². The van der Waals surface area contributed by atoms with Gasteiger partial charge in [-0.05, 0) is 37.0 Å². The van der Waals surface area contributed by atoms with Gasteiger partial charge < -0.3 is 9.47 Å². The highest BCUT2D eigenvalue weighted by atomic mass is 16.5. The maximum atomic E-state index is 9.10. The molecule has 1 heterocycles. The van der Waals surface area contributed by atoms with E-state index in [9.17, 15) is 0 Å². The maximum Gasteiger partial charge on any atom is 0.161 e. The topological polar surface area (TPSA) is 42.2 Å². The fraction of sp³-hybridized carbons (Fsp3) is 0.500. The number of ether oxygens (including phenoxy) is 2. The molecule has 0 aromatic heterocycles. The molecular formula is C14H15NO2. The van der Waals surface area contributed by atoms with Crippen LogP contribution in [-0.4, -0.2) is 13.2 Å². The second-order valence-corrected chi connectivity index (χ2v) is 4.90. The Kier molecular flexibility index (Phi) is 2.44. The van der Waals surface area contributed by atoms with Crippen molar-refractivity contribution in [3.8, 4) is 17.6 Å².